The lowest BCUT2D eigenvalue weighted by atomic mass is 9.95. The van der Waals surface area contributed by atoms with Gasteiger partial charge in [0.1, 0.15) is 5.82 Å². The number of aryl methyl sites for hydroxylation is 2. The van der Waals surface area contributed by atoms with E-state index >= 15 is 0 Å². The molecule has 2 aromatic carbocycles. The highest BCUT2D eigenvalue weighted by Crippen LogP contribution is 2.32. The molecule has 0 amide bonds. The summed E-state index contributed by atoms with van der Waals surface area (Å²) in [6, 6.07) is 9.49. The zero-order valence-electron chi connectivity index (χ0n) is 12.3. The van der Waals surface area contributed by atoms with Crippen molar-refractivity contribution in [3.63, 3.8) is 0 Å². The van der Waals surface area contributed by atoms with Gasteiger partial charge in [-0.3, -0.25) is 0 Å². The van der Waals surface area contributed by atoms with Gasteiger partial charge in [0, 0.05) is 9.50 Å². The summed E-state index contributed by atoms with van der Waals surface area (Å²) in [7, 11) is 0. The number of halogens is 3. The van der Waals surface area contributed by atoms with Crippen molar-refractivity contribution in [3.05, 3.63) is 67.9 Å². The molecule has 0 aromatic heterocycles. The SMILES string of the molecule is CCNC(c1cc(C)c(F)c(C)c1)c1cc(Br)ccc1Cl. The van der Waals surface area contributed by atoms with E-state index in [-0.39, 0.29) is 11.9 Å². The molecule has 0 heterocycles. The van der Waals surface area contributed by atoms with E-state index in [1.807, 2.05) is 37.3 Å². The van der Waals surface area contributed by atoms with Crippen molar-refractivity contribution in [2.24, 2.45) is 0 Å². The zero-order chi connectivity index (χ0) is 15.6. The number of nitrogens with one attached hydrogen (secondary N) is 1. The maximum absolute atomic E-state index is 13.9. The molecule has 0 spiro atoms. The van der Waals surface area contributed by atoms with Crippen LogP contribution in [-0.2, 0) is 0 Å². The van der Waals surface area contributed by atoms with E-state index in [4.69, 9.17) is 11.6 Å². The lowest BCUT2D eigenvalue weighted by Gasteiger charge is -2.22. The average Bonchev–Trinajstić information content (AvgIpc) is 2.44. The fraction of sp³-hybridized carbons (Fsp3) is 0.294. The summed E-state index contributed by atoms with van der Waals surface area (Å²) < 4.78 is 14.8. The van der Waals surface area contributed by atoms with Crippen molar-refractivity contribution in [1.29, 1.82) is 0 Å². The topological polar surface area (TPSA) is 12.0 Å². The third-order valence-corrected chi connectivity index (χ3v) is 4.31. The van der Waals surface area contributed by atoms with Crippen LogP contribution in [0.1, 0.15) is 35.2 Å². The van der Waals surface area contributed by atoms with Crippen molar-refractivity contribution in [1.82, 2.24) is 5.32 Å². The van der Waals surface area contributed by atoms with E-state index in [9.17, 15) is 4.39 Å². The Kier molecular flexibility index (Phi) is 5.42. The molecule has 4 heteroatoms. The van der Waals surface area contributed by atoms with Crippen molar-refractivity contribution in [2.45, 2.75) is 26.8 Å². The minimum atomic E-state index is -0.144. The Hall–Kier alpha value is -0.900. The lowest BCUT2D eigenvalue weighted by molar-refractivity contribution is 0.598. The van der Waals surface area contributed by atoms with Crippen molar-refractivity contribution in [2.75, 3.05) is 6.54 Å². The molecule has 0 bridgehead atoms. The molecular weight excluding hydrogens is 353 g/mol. The molecule has 2 rings (SSSR count). The minimum absolute atomic E-state index is 0.0574. The smallest absolute Gasteiger partial charge is 0.129 e. The molecule has 0 aliphatic rings. The number of hydrogen-bond acceptors (Lipinski definition) is 1. The zero-order valence-corrected chi connectivity index (χ0v) is 14.6. The fourth-order valence-electron chi connectivity index (χ4n) is 2.49. The van der Waals surface area contributed by atoms with Gasteiger partial charge in [0.2, 0.25) is 0 Å². The van der Waals surface area contributed by atoms with Crippen molar-refractivity contribution < 1.29 is 4.39 Å². The molecule has 0 aliphatic carbocycles. The predicted octanol–water partition coefficient (Wildman–Crippen LogP) is 5.56. The third-order valence-electron chi connectivity index (χ3n) is 3.47. The Morgan fingerprint density at radius 1 is 1.19 bits per heavy atom. The van der Waals surface area contributed by atoms with Gasteiger partial charge in [-0.2, -0.15) is 0 Å². The number of hydrogen-bond donors (Lipinski definition) is 1. The second-order valence-electron chi connectivity index (χ2n) is 5.13. The molecule has 0 fully saturated rings. The molecule has 112 valence electrons. The molecule has 0 aliphatic heterocycles. The Labute approximate surface area is 138 Å². The van der Waals surface area contributed by atoms with Gasteiger partial charge in [0.25, 0.3) is 0 Å². The van der Waals surface area contributed by atoms with Crippen LogP contribution in [0.3, 0.4) is 0 Å². The summed E-state index contributed by atoms with van der Waals surface area (Å²) in [5, 5.41) is 4.13. The van der Waals surface area contributed by atoms with Crippen LogP contribution in [-0.4, -0.2) is 6.54 Å². The molecule has 0 saturated heterocycles. The van der Waals surface area contributed by atoms with E-state index in [0.717, 1.165) is 22.1 Å². The highest BCUT2D eigenvalue weighted by Gasteiger charge is 2.18. The predicted molar refractivity (Wildman–Crippen MR) is 90.5 cm³/mol. The van der Waals surface area contributed by atoms with Gasteiger partial charge in [-0.15, -0.1) is 0 Å². The van der Waals surface area contributed by atoms with Gasteiger partial charge in [-0.25, -0.2) is 4.39 Å². The van der Waals surface area contributed by atoms with E-state index in [1.54, 1.807) is 13.8 Å². The standard InChI is InChI=1S/C17H18BrClFN/c1-4-21-17(14-9-13(18)5-6-15(14)19)12-7-10(2)16(20)11(3)8-12/h5-9,17,21H,4H2,1-3H3. The summed E-state index contributed by atoms with van der Waals surface area (Å²) in [6.45, 7) is 6.42. The van der Waals surface area contributed by atoms with Crippen LogP contribution in [0.5, 0.6) is 0 Å². The van der Waals surface area contributed by atoms with Crippen LogP contribution in [0.25, 0.3) is 0 Å². The van der Waals surface area contributed by atoms with Crippen molar-refractivity contribution in [3.8, 4) is 0 Å². The first-order valence-electron chi connectivity index (χ1n) is 6.89. The molecule has 1 atom stereocenters. The van der Waals surface area contributed by atoms with Crippen LogP contribution in [0.2, 0.25) is 5.02 Å². The van der Waals surface area contributed by atoms with Gasteiger partial charge in [0.15, 0.2) is 0 Å². The van der Waals surface area contributed by atoms with Gasteiger partial charge in [-0.1, -0.05) is 46.6 Å². The van der Waals surface area contributed by atoms with E-state index < -0.39 is 0 Å². The monoisotopic (exact) mass is 369 g/mol. The van der Waals surface area contributed by atoms with E-state index in [2.05, 4.69) is 21.2 Å². The number of benzene rings is 2. The van der Waals surface area contributed by atoms with Gasteiger partial charge in [0.05, 0.1) is 6.04 Å². The minimum Gasteiger partial charge on any atom is -0.306 e. The molecule has 0 radical (unpaired) electrons. The van der Waals surface area contributed by atoms with Crippen LogP contribution in [0, 0.1) is 19.7 Å². The van der Waals surface area contributed by atoms with Gasteiger partial charge >= 0.3 is 0 Å². The molecule has 1 nitrogen and oxygen atoms in total. The highest BCUT2D eigenvalue weighted by molar-refractivity contribution is 9.10. The Bertz CT molecular complexity index is 634. The average molecular weight is 371 g/mol. The third kappa shape index (κ3) is 3.65. The lowest BCUT2D eigenvalue weighted by Crippen LogP contribution is -2.22. The van der Waals surface area contributed by atoms with Gasteiger partial charge in [-0.05, 0) is 60.8 Å². The summed E-state index contributed by atoms with van der Waals surface area (Å²) in [4.78, 5) is 0. The Balaban J connectivity index is 2.56. The first-order chi connectivity index (χ1) is 9.93. The van der Waals surface area contributed by atoms with Crippen LogP contribution < -0.4 is 5.32 Å². The Morgan fingerprint density at radius 3 is 2.38 bits per heavy atom. The normalized spacial score (nSPS) is 12.5. The first-order valence-corrected chi connectivity index (χ1v) is 8.06. The fourth-order valence-corrected chi connectivity index (χ4v) is 3.10. The highest BCUT2D eigenvalue weighted by atomic mass is 79.9. The number of rotatable bonds is 4. The van der Waals surface area contributed by atoms with Crippen LogP contribution in [0.15, 0.2) is 34.8 Å². The molecule has 21 heavy (non-hydrogen) atoms. The molecule has 1 N–H and O–H groups in total. The van der Waals surface area contributed by atoms with E-state index in [0.29, 0.717) is 16.1 Å². The molecule has 1 unspecified atom stereocenters. The molecule has 2 aromatic rings. The van der Waals surface area contributed by atoms with Crippen LogP contribution in [0.4, 0.5) is 4.39 Å². The second kappa shape index (κ2) is 6.91. The van der Waals surface area contributed by atoms with Crippen molar-refractivity contribution >= 4 is 27.5 Å². The first kappa shape index (κ1) is 16.5. The summed E-state index contributed by atoms with van der Waals surface area (Å²) in [5.41, 5.74) is 3.31. The summed E-state index contributed by atoms with van der Waals surface area (Å²) >= 11 is 9.83. The quantitative estimate of drug-likeness (QED) is 0.743. The largest absolute Gasteiger partial charge is 0.306 e. The van der Waals surface area contributed by atoms with E-state index in [1.165, 1.54) is 0 Å². The second-order valence-corrected chi connectivity index (χ2v) is 6.45. The molecule has 0 saturated carbocycles. The maximum Gasteiger partial charge on any atom is 0.129 e. The maximum atomic E-state index is 13.9. The summed E-state index contributed by atoms with van der Waals surface area (Å²) in [5.74, 6) is -0.144. The van der Waals surface area contributed by atoms with Gasteiger partial charge < -0.3 is 5.32 Å². The Morgan fingerprint density at radius 2 is 1.81 bits per heavy atom. The van der Waals surface area contributed by atoms with Crippen LogP contribution >= 0.6 is 27.5 Å². The summed E-state index contributed by atoms with van der Waals surface area (Å²) in [6.07, 6.45) is 0. The molecular formula is C17H18BrClFN.